The SMILES string of the molecule is C.C.CC.CC.CCCN(CC)CC.C[C@@H]1[C@H](C)[C@H](C)C[C@@H]1C. The third-order valence-corrected chi connectivity index (χ3v) is 4.80. The van der Waals surface area contributed by atoms with E-state index >= 15 is 0 Å². The molecule has 0 aromatic heterocycles. The van der Waals surface area contributed by atoms with E-state index in [1.54, 1.807) is 0 Å². The summed E-state index contributed by atoms with van der Waals surface area (Å²) in [4.78, 5) is 2.43. The van der Waals surface area contributed by atoms with Gasteiger partial charge in [-0.05, 0) is 56.1 Å². The van der Waals surface area contributed by atoms with E-state index in [4.69, 9.17) is 0 Å². The molecule has 0 aromatic rings. The first-order valence-corrected chi connectivity index (χ1v) is 9.70. The largest absolute Gasteiger partial charge is 0.304 e. The number of hydrogen-bond donors (Lipinski definition) is 0. The van der Waals surface area contributed by atoms with Crippen molar-refractivity contribution in [2.75, 3.05) is 19.6 Å². The van der Waals surface area contributed by atoms with Gasteiger partial charge < -0.3 is 4.90 Å². The van der Waals surface area contributed by atoms with Crippen LogP contribution in [0, 0.1) is 23.7 Å². The van der Waals surface area contributed by atoms with Crippen molar-refractivity contribution < 1.29 is 0 Å². The number of nitrogens with zero attached hydrogens (tertiary/aromatic N) is 1. The summed E-state index contributed by atoms with van der Waals surface area (Å²) in [5.41, 5.74) is 0. The molecule has 1 nitrogen and oxygen atoms in total. The standard InChI is InChI=1S/C9H18.C7H17N.2C2H6.2CH4/c1-6-5-7(2)9(4)8(6)3;1-4-7-8(5-2)6-3;2*1-2;;/h6-9H,5H2,1-4H3;4-7H2,1-3H3;2*1-2H3;2*1H4/t6-,7+,8-,9+;;;;;. The van der Waals surface area contributed by atoms with Crippen molar-refractivity contribution in [3.8, 4) is 0 Å². The molecule has 0 heterocycles. The fraction of sp³-hybridized carbons (Fsp3) is 1.00. The van der Waals surface area contributed by atoms with Crippen molar-refractivity contribution in [1.29, 1.82) is 0 Å². The fourth-order valence-corrected chi connectivity index (χ4v) is 2.91. The van der Waals surface area contributed by atoms with E-state index in [1.807, 2.05) is 27.7 Å². The molecule has 0 spiro atoms. The predicted molar refractivity (Wildman–Crippen MR) is 116 cm³/mol. The van der Waals surface area contributed by atoms with Crippen molar-refractivity contribution in [3.63, 3.8) is 0 Å². The van der Waals surface area contributed by atoms with Crippen molar-refractivity contribution >= 4 is 0 Å². The minimum Gasteiger partial charge on any atom is -0.304 e. The third kappa shape index (κ3) is 16.6. The van der Waals surface area contributed by atoms with Gasteiger partial charge in [-0.1, -0.05) is 91.0 Å². The average molecular weight is 334 g/mol. The maximum Gasteiger partial charge on any atom is -0.00216 e. The van der Waals surface area contributed by atoms with Crippen LogP contribution in [0.15, 0.2) is 0 Å². The van der Waals surface area contributed by atoms with Gasteiger partial charge in [0.05, 0.1) is 0 Å². The zero-order valence-electron chi connectivity index (χ0n) is 17.3. The lowest BCUT2D eigenvalue weighted by atomic mass is 9.92. The Hall–Kier alpha value is -0.0400. The van der Waals surface area contributed by atoms with Crippen molar-refractivity contribution in [2.45, 2.75) is 104 Å². The maximum atomic E-state index is 2.43. The van der Waals surface area contributed by atoms with E-state index in [0.717, 1.165) is 23.7 Å². The van der Waals surface area contributed by atoms with Crippen molar-refractivity contribution in [2.24, 2.45) is 23.7 Å². The first-order chi connectivity index (χ1) is 9.97. The first kappa shape index (κ1) is 34.3. The Kier molecular flexibility index (Phi) is 36.1. The Morgan fingerprint density at radius 1 is 0.696 bits per heavy atom. The smallest absolute Gasteiger partial charge is 0.00216 e. The van der Waals surface area contributed by atoms with Gasteiger partial charge in [0.25, 0.3) is 0 Å². The normalized spacial score (nSPS) is 24.5. The third-order valence-electron chi connectivity index (χ3n) is 4.80. The highest BCUT2D eigenvalue weighted by molar-refractivity contribution is 4.81. The monoisotopic (exact) mass is 333 g/mol. The van der Waals surface area contributed by atoms with Crippen LogP contribution in [0.3, 0.4) is 0 Å². The number of hydrogen-bond acceptors (Lipinski definition) is 1. The molecule has 0 unspecified atom stereocenters. The highest BCUT2D eigenvalue weighted by atomic mass is 15.1. The molecule has 0 aliphatic heterocycles. The van der Waals surface area contributed by atoms with Crippen LogP contribution in [-0.4, -0.2) is 24.5 Å². The van der Waals surface area contributed by atoms with Crippen LogP contribution in [-0.2, 0) is 0 Å². The van der Waals surface area contributed by atoms with E-state index < -0.39 is 0 Å². The molecule has 23 heavy (non-hydrogen) atoms. The molecule has 1 rings (SSSR count). The Morgan fingerprint density at radius 3 is 1.09 bits per heavy atom. The summed E-state index contributed by atoms with van der Waals surface area (Å²) in [7, 11) is 0. The Balaban J connectivity index is -0.0000000723. The highest BCUT2D eigenvalue weighted by Gasteiger charge is 2.31. The lowest BCUT2D eigenvalue weighted by Gasteiger charge is -2.15. The van der Waals surface area contributed by atoms with E-state index in [9.17, 15) is 0 Å². The van der Waals surface area contributed by atoms with Crippen LogP contribution in [0.2, 0.25) is 0 Å². The molecule has 1 aliphatic carbocycles. The fourth-order valence-electron chi connectivity index (χ4n) is 2.91. The topological polar surface area (TPSA) is 3.24 Å². The minimum absolute atomic E-state index is 0. The van der Waals surface area contributed by atoms with Gasteiger partial charge in [0.15, 0.2) is 0 Å². The Morgan fingerprint density at radius 2 is 1.00 bits per heavy atom. The summed E-state index contributed by atoms with van der Waals surface area (Å²) >= 11 is 0. The zero-order valence-corrected chi connectivity index (χ0v) is 17.3. The van der Waals surface area contributed by atoms with E-state index in [0.29, 0.717) is 0 Å². The van der Waals surface area contributed by atoms with Crippen LogP contribution in [0.4, 0.5) is 0 Å². The molecule has 148 valence electrons. The Labute approximate surface area is 152 Å². The van der Waals surface area contributed by atoms with Gasteiger partial charge in [-0.2, -0.15) is 0 Å². The van der Waals surface area contributed by atoms with Gasteiger partial charge in [-0.3, -0.25) is 0 Å². The van der Waals surface area contributed by atoms with Crippen LogP contribution >= 0.6 is 0 Å². The van der Waals surface area contributed by atoms with Crippen LogP contribution in [0.5, 0.6) is 0 Å². The zero-order chi connectivity index (χ0) is 17.4. The molecular weight excluding hydrogens is 278 g/mol. The van der Waals surface area contributed by atoms with Gasteiger partial charge in [0.2, 0.25) is 0 Å². The lowest BCUT2D eigenvalue weighted by Crippen LogP contribution is -2.23. The molecule has 0 saturated heterocycles. The molecule has 0 amide bonds. The van der Waals surface area contributed by atoms with Crippen LogP contribution in [0.25, 0.3) is 0 Å². The van der Waals surface area contributed by atoms with Gasteiger partial charge in [-0.15, -0.1) is 0 Å². The second-order valence-electron chi connectivity index (χ2n) is 5.94. The van der Waals surface area contributed by atoms with Crippen molar-refractivity contribution in [1.82, 2.24) is 4.90 Å². The first-order valence-electron chi connectivity index (χ1n) is 9.70. The summed E-state index contributed by atoms with van der Waals surface area (Å²) < 4.78 is 0. The van der Waals surface area contributed by atoms with Gasteiger partial charge in [0, 0.05) is 0 Å². The molecule has 1 aliphatic rings. The van der Waals surface area contributed by atoms with Gasteiger partial charge >= 0.3 is 0 Å². The summed E-state index contributed by atoms with van der Waals surface area (Å²) in [5, 5.41) is 0. The Bertz CT molecular complexity index is 163. The highest BCUT2D eigenvalue weighted by Crippen LogP contribution is 2.40. The molecule has 0 radical (unpaired) electrons. The van der Waals surface area contributed by atoms with E-state index in [-0.39, 0.29) is 14.9 Å². The summed E-state index contributed by atoms with van der Waals surface area (Å²) in [6.07, 6.45) is 2.73. The molecule has 0 N–H and O–H groups in total. The second kappa shape index (κ2) is 24.2. The van der Waals surface area contributed by atoms with Gasteiger partial charge in [-0.25, -0.2) is 0 Å². The number of rotatable bonds is 4. The average Bonchev–Trinajstić information content (AvgIpc) is 2.75. The molecular formula is C22H55N. The quantitative estimate of drug-likeness (QED) is 0.503. The molecule has 1 heteroatoms. The second-order valence-corrected chi connectivity index (χ2v) is 5.94. The summed E-state index contributed by atoms with van der Waals surface area (Å²) in [6.45, 7) is 27.8. The van der Waals surface area contributed by atoms with Crippen LogP contribution < -0.4 is 0 Å². The van der Waals surface area contributed by atoms with E-state index in [2.05, 4.69) is 53.4 Å². The molecule has 4 atom stereocenters. The summed E-state index contributed by atoms with van der Waals surface area (Å²) in [5.74, 6) is 3.85. The molecule has 0 aromatic carbocycles. The lowest BCUT2D eigenvalue weighted by molar-refractivity contribution is 0.304. The molecule has 0 bridgehead atoms. The maximum absolute atomic E-state index is 2.43. The predicted octanol–water partition coefficient (Wildman–Crippen LogP) is 8.00. The van der Waals surface area contributed by atoms with E-state index in [1.165, 1.54) is 32.5 Å². The minimum atomic E-state index is 0. The molecule has 1 fully saturated rings. The summed E-state index contributed by atoms with van der Waals surface area (Å²) in [6, 6.07) is 0. The van der Waals surface area contributed by atoms with Crippen LogP contribution in [0.1, 0.15) is 104 Å². The van der Waals surface area contributed by atoms with Crippen molar-refractivity contribution in [3.05, 3.63) is 0 Å². The van der Waals surface area contributed by atoms with Gasteiger partial charge in [0.1, 0.15) is 0 Å². The molecule has 1 saturated carbocycles.